The smallest absolute Gasteiger partial charge is 0.306 e. The first-order chi connectivity index (χ1) is 31.0. The SMILES string of the molecule is CCCCCCCCC/C=C/C=C/CCCCCC(=O)OC(CCC/C=C/C=C/CCCCCCCCC)CC(=O)NC(CO)C(O)CCCCCCCCCCCCCCCC. The van der Waals surface area contributed by atoms with E-state index in [0.29, 0.717) is 19.3 Å². The second-order valence-electron chi connectivity index (χ2n) is 18.7. The van der Waals surface area contributed by atoms with Crippen LogP contribution in [0, 0.1) is 0 Å². The molecule has 3 atom stereocenters. The summed E-state index contributed by atoms with van der Waals surface area (Å²) in [4.78, 5) is 26.2. The maximum absolute atomic E-state index is 13.2. The van der Waals surface area contributed by atoms with Gasteiger partial charge >= 0.3 is 5.97 Å². The van der Waals surface area contributed by atoms with Crippen molar-refractivity contribution in [3.8, 4) is 0 Å². The van der Waals surface area contributed by atoms with Gasteiger partial charge in [-0.1, -0.05) is 243 Å². The predicted octanol–water partition coefficient (Wildman–Crippen LogP) is 16.6. The van der Waals surface area contributed by atoms with E-state index in [9.17, 15) is 19.8 Å². The number of rotatable bonds is 49. The first kappa shape index (κ1) is 60.8. The molecule has 0 aliphatic carbocycles. The Hall–Kier alpha value is -2.18. The van der Waals surface area contributed by atoms with Gasteiger partial charge < -0.3 is 20.3 Å². The molecule has 0 aliphatic heterocycles. The number of ether oxygens (including phenoxy) is 1. The molecule has 6 heteroatoms. The molecule has 0 spiro atoms. The van der Waals surface area contributed by atoms with Crippen molar-refractivity contribution < 1.29 is 24.5 Å². The first-order valence-corrected chi connectivity index (χ1v) is 27.4. The van der Waals surface area contributed by atoms with Gasteiger partial charge in [0, 0.05) is 6.42 Å². The Bertz CT molecular complexity index is 1080. The standard InChI is InChI=1S/C57H105NO5/c1-4-7-10-13-16-19-22-25-28-29-32-35-38-41-44-47-50-57(62)63-53(48-45-42-39-36-33-30-26-23-20-17-14-11-8-5-2)51-56(61)58-54(52-59)55(60)49-46-43-40-37-34-31-27-24-21-18-15-12-9-6-3/h28-30,32-33,35-36,39,53-55,59-60H,4-27,31,34,37-38,40-52H2,1-3H3,(H,58,61)/b29-28+,33-30+,35-32+,39-36+. The molecule has 3 N–H and O–H groups in total. The van der Waals surface area contributed by atoms with Crippen molar-refractivity contribution in [1.29, 1.82) is 0 Å². The van der Waals surface area contributed by atoms with E-state index < -0.39 is 18.2 Å². The number of hydrogen-bond acceptors (Lipinski definition) is 5. The van der Waals surface area contributed by atoms with E-state index in [1.54, 1.807) is 0 Å². The Labute approximate surface area is 391 Å². The molecule has 0 aromatic rings. The molecule has 6 nitrogen and oxygen atoms in total. The lowest BCUT2D eigenvalue weighted by atomic mass is 10.0. The van der Waals surface area contributed by atoms with Gasteiger partial charge in [-0.3, -0.25) is 9.59 Å². The molecular weight excluding hydrogens is 779 g/mol. The number of amides is 1. The van der Waals surface area contributed by atoms with Crippen LogP contribution >= 0.6 is 0 Å². The number of carbonyl (C=O) groups is 2. The van der Waals surface area contributed by atoms with Gasteiger partial charge in [-0.2, -0.15) is 0 Å². The van der Waals surface area contributed by atoms with Gasteiger partial charge in [0.1, 0.15) is 6.10 Å². The number of nitrogens with one attached hydrogen (secondary N) is 1. The maximum atomic E-state index is 13.2. The summed E-state index contributed by atoms with van der Waals surface area (Å²) in [5.41, 5.74) is 0. The lowest BCUT2D eigenvalue weighted by molar-refractivity contribution is -0.151. The normalized spacial score (nSPS) is 13.5. The largest absolute Gasteiger partial charge is 0.462 e. The van der Waals surface area contributed by atoms with Crippen molar-refractivity contribution in [2.24, 2.45) is 0 Å². The van der Waals surface area contributed by atoms with Gasteiger partial charge in [0.2, 0.25) is 5.91 Å². The van der Waals surface area contributed by atoms with Crippen molar-refractivity contribution in [3.05, 3.63) is 48.6 Å². The number of aliphatic hydroxyl groups is 2. The minimum Gasteiger partial charge on any atom is -0.462 e. The summed E-state index contributed by atoms with van der Waals surface area (Å²) in [6.45, 7) is 6.47. The highest BCUT2D eigenvalue weighted by Gasteiger charge is 2.24. The van der Waals surface area contributed by atoms with Crippen LogP contribution in [0.25, 0.3) is 0 Å². The Morgan fingerprint density at radius 3 is 1.21 bits per heavy atom. The number of esters is 1. The molecule has 0 saturated carbocycles. The molecule has 0 radical (unpaired) electrons. The van der Waals surface area contributed by atoms with Crippen molar-refractivity contribution in [3.63, 3.8) is 0 Å². The number of allylic oxidation sites excluding steroid dienone is 8. The third kappa shape index (κ3) is 46.2. The molecule has 0 bridgehead atoms. The zero-order chi connectivity index (χ0) is 45.9. The molecule has 1 amide bonds. The van der Waals surface area contributed by atoms with Crippen LogP contribution in [0.2, 0.25) is 0 Å². The van der Waals surface area contributed by atoms with Crippen molar-refractivity contribution in [2.75, 3.05) is 6.61 Å². The van der Waals surface area contributed by atoms with E-state index >= 15 is 0 Å². The van der Waals surface area contributed by atoms with Crippen LogP contribution in [0.3, 0.4) is 0 Å². The molecule has 0 fully saturated rings. The number of aliphatic hydroxyl groups excluding tert-OH is 2. The summed E-state index contributed by atoms with van der Waals surface area (Å²) in [5, 5.41) is 23.8. The minimum absolute atomic E-state index is 0.0349. The lowest BCUT2D eigenvalue weighted by Crippen LogP contribution is -2.46. The second-order valence-corrected chi connectivity index (χ2v) is 18.7. The van der Waals surface area contributed by atoms with Crippen LogP contribution in [-0.2, 0) is 14.3 Å². The monoisotopic (exact) mass is 884 g/mol. The maximum Gasteiger partial charge on any atom is 0.306 e. The zero-order valence-corrected chi connectivity index (χ0v) is 42.0. The van der Waals surface area contributed by atoms with E-state index in [-0.39, 0.29) is 24.9 Å². The third-order valence-corrected chi connectivity index (χ3v) is 12.4. The molecule has 0 aromatic carbocycles. The number of carbonyl (C=O) groups excluding carboxylic acids is 2. The van der Waals surface area contributed by atoms with Gasteiger partial charge in [0.15, 0.2) is 0 Å². The van der Waals surface area contributed by atoms with Crippen LogP contribution in [0.4, 0.5) is 0 Å². The highest BCUT2D eigenvalue weighted by atomic mass is 16.5. The van der Waals surface area contributed by atoms with E-state index in [1.165, 1.54) is 161 Å². The van der Waals surface area contributed by atoms with Crippen LogP contribution in [0.1, 0.15) is 278 Å². The van der Waals surface area contributed by atoms with Gasteiger partial charge in [-0.25, -0.2) is 0 Å². The Morgan fingerprint density at radius 2 is 0.810 bits per heavy atom. The van der Waals surface area contributed by atoms with Gasteiger partial charge in [0.05, 0.1) is 25.2 Å². The molecular formula is C57H105NO5. The Balaban J connectivity index is 4.66. The number of unbranched alkanes of at least 4 members (excludes halogenated alkanes) is 31. The van der Waals surface area contributed by atoms with Gasteiger partial charge in [-0.15, -0.1) is 0 Å². The summed E-state index contributed by atoms with van der Waals surface area (Å²) in [7, 11) is 0. The second kappa shape index (κ2) is 50.8. The van der Waals surface area contributed by atoms with E-state index in [4.69, 9.17) is 4.74 Å². The minimum atomic E-state index is -0.804. The molecule has 0 aromatic heterocycles. The van der Waals surface area contributed by atoms with E-state index in [1.807, 2.05) is 0 Å². The van der Waals surface area contributed by atoms with E-state index in [2.05, 4.69) is 74.7 Å². The molecule has 63 heavy (non-hydrogen) atoms. The fourth-order valence-corrected chi connectivity index (χ4v) is 8.24. The topological polar surface area (TPSA) is 95.9 Å². The van der Waals surface area contributed by atoms with Crippen LogP contribution in [0.5, 0.6) is 0 Å². The van der Waals surface area contributed by atoms with Crippen molar-refractivity contribution in [1.82, 2.24) is 5.32 Å². The summed E-state index contributed by atoms with van der Waals surface area (Å²) in [5.74, 6) is -0.545. The first-order valence-electron chi connectivity index (χ1n) is 27.4. The summed E-state index contributed by atoms with van der Waals surface area (Å²) in [6.07, 6.45) is 61.8. The average Bonchev–Trinajstić information content (AvgIpc) is 3.28. The molecule has 0 rings (SSSR count). The van der Waals surface area contributed by atoms with Gasteiger partial charge in [-0.05, 0) is 70.6 Å². The highest BCUT2D eigenvalue weighted by molar-refractivity contribution is 5.77. The van der Waals surface area contributed by atoms with Crippen LogP contribution in [-0.4, -0.2) is 46.9 Å². The molecule has 3 unspecified atom stereocenters. The van der Waals surface area contributed by atoms with Gasteiger partial charge in [0.25, 0.3) is 0 Å². The number of hydrogen-bond donors (Lipinski definition) is 3. The fraction of sp³-hybridized carbons (Fsp3) is 0.825. The van der Waals surface area contributed by atoms with E-state index in [0.717, 1.165) is 70.6 Å². The fourth-order valence-electron chi connectivity index (χ4n) is 8.24. The molecule has 0 saturated heterocycles. The Morgan fingerprint density at radius 1 is 0.460 bits per heavy atom. The average molecular weight is 884 g/mol. The quantitative estimate of drug-likeness (QED) is 0.0321. The Kier molecular flexibility index (Phi) is 49.1. The molecule has 0 aliphatic rings. The van der Waals surface area contributed by atoms with Crippen molar-refractivity contribution in [2.45, 2.75) is 296 Å². The highest BCUT2D eigenvalue weighted by Crippen LogP contribution is 2.17. The summed E-state index contributed by atoms with van der Waals surface area (Å²) >= 11 is 0. The summed E-state index contributed by atoms with van der Waals surface area (Å²) < 4.78 is 5.91. The van der Waals surface area contributed by atoms with Crippen LogP contribution < -0.4 is 5.32 Å². The molecule has 368 valence electrons. The molecule has 0 heterocycles. The summed E-state index contributed by atoms with van der Waals surface area (Å²) in [6, 6.07) is -0.721. The zero-order valence-electron chi connectivity index (χ0n) is 42.0. The van der Waals surface area contributed by atoms with Crippen molar-refractivity contribution >= 4 is 11.9 Å². The lowest BCUT2D eigenvalue weighted by Gasteiger charge is -2.24. The third-order valence-electron chi connectivity index (χ3n) is 12.4. The van der Waals surface area contributed by atoms with Crippen LogP contribution in [0.15, 0.2) is 48.6 Å². The predicted molar refractivity (Wildman–Crippen MR) is 273 cm³/mol.